The Morgan fingerprint density at radius 2 is 0.675 bits per heavy atom. The molecule has 0 fully saturated rings. The minimum Gasteiger partial charge on any atom is -0.290 e. The van der Waals surface area contributed by atoms with Crippen molar-refractivity contribution in [1.29, 1.82) is 0 Å². The van der Waals surface area contributed by atoms with E-state index in [-0.39, 0.29) is 0 Å². The zero-order chi connectivity index (χ0) is 52.6. The number of halogens is 1. The molecule has 0 saturated carbocycles. The van der Waals surface area contributed by atoms with Gasteiger partial charge in [-0.2, -0.15) is 0 Å². The molecule has 0 radical (unpaired) electrons. The maximum atomic E-state index is 6.90. The van der Waals surface area contributed by atoms with Gasteiger partial charge in [0, 0.05) is 24.7 Å². The van der Waals surface area contributed by atoms with E-state index in [1.54, 1.807) is 0 Å². The van der Waals surface area contributed by atoms with Crippen LogP contribution in [0.3, 0.4) is 0 Å². The summed E-state index contributed by atoms with van der Waals surface area (Å²) in [7, 11) is -9.00. The Morgan fingerprint density at radius 1 is 0.364 bits per heavy atom. The lowest BCUT2D eigenvalue weighted by molar-refractivity contribution is 0.248. The number of fused-ring (bicyclic) bond motifs is 6. The first-order valence-electron chi connectivity index (χ1n) is 25.8. The molecule has 382 valence electrons. The average Bonchev–Trinajstić information content (AvgIpc) is 3.51. The van der Waals surface area contributed by atoms with Gasteiger partial charge in [0.2, 0.25) is 0 Å². The first-order valence-corrected chi connectivity index (χ1v) is 31.9. The molecule has 3 aliphatic rings. The Labute approximate surface area is 456 Å². The van der Waals surface area contributed by atoms with Gasteiger partial charge in [-0.3, -0.25) is 4.90 Å². The summed E-state index contributed by atoms with van der Waals surface area (Å²) in [5.41, 5.74) is 5.41. The third-order valence-corrected chi connectivity index (χ3v) is 26.4. The molecule has 0 spiro atoms. The third kappa shape index (κ3) is 11.3. The zero-order valence-corrected chi connectivity index (χ0v) is 46.5. The van der Waals surface area contributed by atoms with Crippen molar-refractivity contribution in [1.82, 2.24) is 4.90 Å². The normalized spacial score (nSPS) is 18.9. The second-order valence-electron chi connectivity index (χ2n) is 20.1. The fourth-order valence-corrected chi connectivity index (χ4v) is 23.0. The van der Waals surface area contributed by atoms with Crippen molar-refractivity contribution in [2.45, 2.75) is 33.5 Å². The van der Waals surface area contributed by atoms with Crippen molar-refractivity contribution in [3.63, 3.8) is 0 Å². The first kappa shape index (κ1) is 51.8. The summed E-state index contributed by atoms with van der Waals surface area (Å²) in [4.78, 5) is 19.6. The predicted molar refractivity (Wildman–Crippen MR) is 323 cm³/mol. The van der Waals surface area contributed by atoms with Crippen LogP contribution in [0.5, 0.6) is 0 Å². The Kier molecular flexibility index (Phi) is 15.6. The van der Waals surface area contributed by atoms with Crippen LogP contribution in [0.2, 0.25) is 5.02 Å². The van der Waals surface area contributed by atoms with Gasteiger partial charge in [-0.05, 0) is 125 Å². The Morgan fingerprint density at radius 3 is 1.06 bits per heavy atom. The molecule has 3 heterocycles. The van der Waals surface area contributed by atoms with E-state index in [0.717, 1.165) is 65.5 Å². The van der Waals surface area contributed by atoms with E-state index < -0.39 is 26.6 Å². The molecule has 9 aromatic carbocycles. The van der Waals surface area contributed by atoms with Crippen LogP contribution in [0.25, 0.3) is 0 Å². The van der Waals surface area contributed by atoms with E-state index in [0.29, 0.717) is 48.8 Å². The van der Waals surface area contributed by atoms with Crippen molar-refractivity contribution in [3.05, 3.63) is 270 Å². The Bertz CT molecular complexity index is 3490. The largest absolute Gasteiger partial charge is 0.290 e. The van der Waals surface area contributed by atoms with Gasteiger partial charge in [0.25, 0.3) is 0 Å². The molecule has 12 rings (SSSR count). The van der Waals surface area contributed by atoms with E-state index in [4.69, 9.17) is 57.2 Å². The van der Waals surface area contributed by atoms with Gasteiger partial charge in [-0.1, -0.05) is 236 Å². The fourth-order valence-electron chi connectivity index (χ4n) is 11.0. The number of nitrogens with zero attached hydrogens (tertiary/aromatic N) is 10. The highest BCUT2D eigenvalue weighted by molar-refractivity contribution is 7.83. The number of hydrogen-bond donors (Lipinski definition) is 0. The molecular formula is C63H58ClN10P3. The molecule has 9 aromatic rings. The monoisotopic (exact) mass is 1080 g/mol. The van der Waals surface area contributed by atoms with Gasteiger partial charge < -0.3 is 0 Å². The fraction of sp³-hybridized carbons (Fsp3) is 0.143. The summed E-state index contributed by atoms with van der Waals surface area (Å²) in [6.45, 7) is 5.96. The summed E-state index contributed by atoms with van der Waals surface area (Å²) >= 11 is 6.90. The summed E-state index contributed by atoms with van der Waals surface area (Å²) in [6.07, 6.45) is 1.64. The Balaban J connectivity index is 1.33. The number of aryl methyl sites for hydroxylation is 1. The first-order chi connectivity index (χ1) is 37.7. The molecule has 14 heteroatoms. The van der Waals surface area contributed by atoms with E-state index in [2.05, 4.69) is 231 Å². The second kappa shape index (κ2) is 23.1. The van der Waals surface area contributed by atoms with Crippen molar-refractivity contribution < 1.29 is 0 Å². The van der Waals surface area contributed by atoms with Crippen LogP contribution in [-0.2, 0) is 19.6 Å². The highest BCUT2D eigenvalue weighted by atomic mass is 35.5. The minimum absolute atomic E-state index is 0.447. The van der Waals surface area contributed by atoms with Gasteiger partial charge in [0.05, 0.1) is 38.2 Å². The molecule has 0 N–H and O–H groups in total. The van der Waals surface area contributed by atoms with E-state index in [9.17, 15) is 0 Å². The second-order valence-corrected chi connectivity index (χ2v) is 29.8. The average molecular weight is 1080 g/mol. The highest BCUT2D eigenvalue weighted by Gasteiger charge is 2.46. The van der Waals surface area contributed by atoms with Crippen molar-refractivity contribution in [2.24, 2.45) is 51.0 Å². The van der Waals surface area contributed by atoms with Crippen LogP contribution in [0, 0.1) is 12.3 Å². The molecule has 2 bridgehead atoms. The van der Waals surface area contributed by atoms with E-state index >= 15 is 0 Å². The maximum absolute atomic E-state index is 6.90. The van der Waals surface area contributed by atoms with Gasteiger partial charge in [0.1, 0.15) is 0 Å². The molecule has 0 saturated heterocycles. The lowest BCUT2D eigenvalue weighted by Gasteiger charge is -2.43. The number of rotatable bonds is 6. The number of hydrogen-bond acceptors (Lipinski definition) is 10. The summed E-state index contributed by atoms with van der Waals surface area (Å²) in [5, 5.41) is 37.8. The molecule has 2 unspecified atom stereocenters. The van der Waals surface area contributed by atoms with Crippen molar-refractivity contribution in [3.8, 4) is 0 Å². The quantitative estimate of drug-likeness (QED) is 0.152. The van der Waals surface area contributed by atoms with Crippen LogP contribution < -0.4 is 31.8 Å². The molecule has 77 heavy (non-hydrogen) atoms. The lowest BCUT2D eigenvalue weighted by Crippen LogP contribution is -2.40. The zero-order valence-electron chi connectivity index (χ0n) is 43.0. The van der Waals surface area contributed by atoms with Gasteiger partial charge in [-0.15, -0.1) is 29.9 Å². The smallest absolute Gasteiger partial charge is 0.0921 e. The standard InChI is InChI=1S/C63H58ClN10P3/c1-49-37-39-61-51(41-49)44-74-43-50-23-21-22-36-60(50)65-68-71-75(54-24-9-3-10-25-54,55-26-11-4-12-27-55)46-63(2,47-76(72-69-66-61,56-28-13-5-14-29-56)57-30-15-6-16-31-57)48-77(58-32-17-7-18-33-58,59-34-19-8-20-35-59)73-70-67-62-40-38-53(64)42-52(62)45-74/h3-42H,43-48H2,1-2H3. The maximum Gasteiger partial charge on any atom is 0.0921 e. The predicted octanol–water partition coefficient (Wildman–Crippen LogP) is 16.4. The van der Waals surface area contributed by atoms with Crippen molar-refractivity contribution >= 4 is 81.7 Å². The molecular weight excluding hydrogens is 1030 g/mol. The summed E-state index contributed by atoms with van der Waals surface area (Å²) in [6, 6.07) is 84.8. The van der Waals surface area contributed by atoms with Crippen LogP contribution in [0.15, 0.2) is 288 Å². The van der Waals surface area contributed by atoms with E-state index in [1.165, 1.54) is 0 Å². The van der Waals surface area contributed by atoms with Gasteiger partial charge in [-0.25, -0.2) is 0 Å². The summed E-state index contributed by atoms with van der Waals surface area (Å²) < 4.78 is 0. The third-order valence-electron chi connectivity index (χ3n) is 14.4. The molecule has 2 atom stereocenters. The SMILES string of the molecule is Cc1ccc2c(c1)CN1Cc3ccccc3N=NN=P(c3ccccc3)(c3ccccc3)CC(C)(CP(c3ccccc3)(c3ccccc3)=NN=N2)CP(c2ccccc2)(c2ccccc2)=NN=Nc2ccc(Cl)cc2C1. The van der Waals surface area contributed by atoms with Gasteiger partial charge in [0.15, 0.2) is 0 Å². The number of benzene rings is 9. The van der Waals surface area contributed by atoms with Gasteiger partial charge >= 0.3 is 0 Å². The van der Waals surface area contributed by atoms with Crippen LogP contribution in [0.4, 0.5) is 17.1 Å². The van der Waals surface area contributed by atoms with Crippen LogP contribution >= 0.6 is 32.8 Å². The minimum atomic E-state index is -3.01. The molecule has 0 aromatic heterocycles. The molecule has 10 nitrogen and oxygen atoms in total. The van der Waals surface area contributed by atoms with Crippen molar-refractivity contribution in [2.75, 3.05) is 18.5 Å². The van der Waals surface area contributed by atoms with Crippen LogP contribution in [-0.4, -0.2) is 23.4 Å². The lowest BCUT2D eigenvalue weighted by atomic mass is 9.99. The highest BCUT2D eigenvalue weighted by Crippen LogP contribution is 2.63. The molecule has 3 aliphatic heterocycles. The summed E-state index contributed by atoms with van der Waals surface area (Å²) in [5.74, 6) is 0. The topological polar surface area (TPSA) is 114 Å². The Hall–Kier alpha value is -7.28. The van der Waals surface area contributed by atoms with Crippen LogP contribution in [0.1, 0.15) is 29.2 Å². The van der Waals surface area contributed by atoms with E-state index in [1.807, 2.05) is 30.3 Å². The molecule has 0 amide bonds. The molecule has 0 aliphatic carbocycles.